The first-order chi connectivity index (χ1) is 10.1. The summed E-state index contributed by atoms with van der Waals surface area (Å²) >= 11 is 9.89. The molecule has 0 saturated heterocycles. The molecule has 0 aliphatic carbocycles. The van der Waals surface area contributed by atoms with Crippen molar-refractivity contribution in [3.05, 3.63) is 81.6 Å². The predicted octanol–water partition coefficient (Wildman–Crippen LogP) is 6.38. The van der Waals surface area contributed by atoms with E-state index in [9.17, 15) is 4.39 Å². The maximum atomic E-state index is 14.2. The SMILES string of the molecule is Cc1ccc2ccccc2c1C(Cl)c1ccc(Br)cc1F. The third kappa shape index (κ3) is 2.70. The van der Waals surface area contributed by atoms with Crippen molar-refractivity contribution in [2.75, 3.05) is 0 Å². The van der Waals surface area contributed by atoms with Gasteiger partial charge in [0.05, 0.1) is 5.38 Å². The molecular formula is C18H13BrClF. The van der Waals surface area contributed by atoms with Gasteiger partial charge in [-0.3, -0.25) is 0 Å². The third-order valence-corrected chi connectivity index (χ3v) is 4.62. The Balaban J connectivity index is 2.21. The number of rotatable bonds is 2. The standard InChI is InChI=1S/C18H13BrClF/c1-11-6-7-12-4-2-3-5-14(12)17(11)18(20)15-9-8-13(19)10-16(15)21/h2-10,18H,1H3. The Morgan fingerprint density at radius 1 is 1.05 bits per heavy atom. The Morgan fingerprint density at radius 2 is 1.81 bits per heavy atom. The van der Waals surface area contributed by atoms with E-state index in [-0.39, 0.29) is 5.82 Å². The van der Waals surface area contributed by atoms with Gasteiger partial charge in [0.2, 0.25) is 0 Å². The fraction of sp³-hybridized carbons (Fsp3) is 0.111. The molecule has 3 aromatic carbocycles. The van der Waals surface area contributed by atoms with Crippen LogP contribution in [0.1, 0.15) is 22.1 Å². The minimum Gasteiger partial charge on any atom is -0.207 e. The summed E-state index contributed by atoms with van der Waals surface area (Å²) in [7, 11) is 0. The van der Waals surface area contributed by atoms with Crippen LogP contribution in [-0.2, 0) is 0 Å². The zero-order valence-corrected chi connectivity index (χ0v) is 13.7. The van der Waals surface area contributed by atoms with Gasteiger partial charge >= 0.3 is 0 Å². The van der Waals surface area contributed by atoms with E-state index in [0.717, 1.165) is 21.9 Å². The van der Waals surface area contributed by atoms with E-state index in [0.29, 0.717) is 10.0 Å². The molecule has 3 aromatic rings. The second kappa shape index (κ2) is 5.78. The van der Waals surface area contributed by atoms with Crippen LogP contribution in [0.5, 0.6) is 0 Å². The number of hydrogen-bond donors (Lipinski definition) is 0. The number of hydrogen-bond acceptors (Lipinski definition) is 0. The fourth-order valence-corrected chi connectivity index (χ4v) is 3.40. The second-order valence-electron chi connectivity index (χ2n) is 5.05. The first-order valence-electron chi connectivity index (χ1n) is 6.65. The average molecular weight is 364 g/mol. The molecule has 0 bridgehead atoms. The van der Waals surface area contributed by atoms with Crippen LogP contribution in [0.15, 0.2) is 59.1 Å². The lowest BCUT2D eigenvalue weighted by molar-refractivity contribution is 0.611. The predicted molar refractivity (Wildman–Crippen MR) is 90.5 cm³/mol. The summed E-state index contributed by atoms with van der Waals surface area (Å²) in [6, 6.07) is 17.1. The number of fused-ring (bicyclic) bond motifs is 1. The summed E-state index contributed by atoms with van der Waals surface area (Å²) in [5.41, 5.74) is 2.53. The molecule has 0 radical (unpaired) electrons. The van der Waals surface area contributed by atoms with Crippen molar-refractivity contribution < 1.29 is 4.39 Å². The molecule has 0 aromatic heterocycles. The van der Waals surface area contributed by atoms with E-state index in [2.05, 4.69) is 22.0 Å². The van der Waals surface area contributed by atoms with E-state index in [1.165, 1.54) is 6.07 Å². The maximum absolute atomic E-state index is 14.2. The Morgan fingerprint density at radius 3 is 2.57 bits per heavy atom. The average Bonchev–Trinajstić information content (AvgIpc) is 2.46. The molecule has 1 unspecified atom stereocenters. The van der Waals surface area contributed by atoms with Gasteiger partial charge in [-0.05, 0) is 41.0 Å². The number of halogens is 3. The van der Waals surface area contributed by atoms with Gasteiger partial charge in [-0.15, -0.1) is 11.6 Å². The second-order valence-corrected chi connectivity index (χ2v) is 6.40. The summed E-state index contributed by atoms with van der Waals surface area (Å²) < 4.78 is 14.9. The van der Waals surface area contributed by atoms with Crippen LogP contribution in [-0.4, -0.2) is 0 Å². The highest BCUT2D eigenvalue weighted by Crippen LogP contribution is 2.37. The molecule has 0 nitrogen and oxygen atoms in total. The Labute approximate surface area is 136 Å². The minimum atomic E-state index is -0.510. The summed E-state index contributed by atoms with van der Waals surface area (Å²) in [5, 5.41) is 1.67. The highest BCUT2D eigenvalue weighted by molar-refractivity contribution is 9.10. The van der Waals surface area contributed by atoms with Crippen molar-refractivity contribution in [1.82, 2.24) is 0 Å². The molecule has 3 rings (SSSR count). The van der Waals surface area contributed by atoms with Crippen molar-refractivity contribution in [3.63, 3.8) is 0 Å². The van der Waals surface area contributed by atoms with Gasteiger partial charge in [0, 0.05) is 10.0 Å². The lowest BCUT2D eigenvalue weighted by Gasteiger charge is -2.17. The van der Waals surface area contributed by atoms with Crippen molar-refractivity contribution in [2.45, 2.75) is 12.3 Å². The van der Waals surface area contributed by atoms with Crippen LogP contribution < -0.4 is 0 Å². The Kier molecular flexibility index (Phi) is 4.01. The van der Waals surface area contributed by atoms with Gasteiger partial charge in [0.25, 0.3) is 0 Å². The molecule has 0 aliphatic heterocycles. The first-order valence-corrected chi connectivity index (χ1v) is 7.88. The smallest absolute Gasteiger partial charge is 0.129 e. The van der Waals surface area contributed by atoms with Gasteiger partial charge in [0.1, 0.15) is 5.82 Å². The third-order valence-electron chi connectivity index (χ3n) is 3.68. The largest absolute Gasteiger partial charge is 0.207 e. The molecule has 0 saturated carbocycles. The molecule has 21 heavy (non-hydrogen) atoms. The van der Waals surface area contributed by atoms with Gasteiger partial charge in [0.15, 0.2) is 0 Å². The molecule has 0 aliphatic rings. The van der Waals surface area contributed by atoms with E-state index < -0.39 is 5.38 Å². The molecule has 0 spiro atoms. The van der Waals surface area contributed by atoms with Crippen LogP contribution >= 0.6 is 27.5 Å². The molecular weight excluding hydrogens is 351 g/mol. The molecule has 0 amide bonds. The lowest BCUT2D eigenvalue weighted by atomic mass is 9.94. The molecule has 0 heterocycles. The van der Waals surface area contributed by atoms with Crippen LogP contribution in [0.25, 0.3) is 10.8 Å². The van der Waals surface area contributed by atoms with E-state index >= 15 is 0 Å². The van der Waals surface area contributed by atoms with Crippen LogP contribution in [0.2, 0.25) is 0 Å². The van der Waals surface area contributed by atoms with Crippen LogP contribution in [0.3, 0.4) is 0 Å². The van der Waals surface area contributed by atoms with E-state index in [1.807, 2.05) is 43.3 Å². The van der Waals surface area contributed by atoms with Gasteiger partial charge in [-0.25, -0.2) is 4.39 Å². The van der Waals surface area contributed by atoms with Crippen molar-refractivity contribution >= 4 is 38.3 Å². The maximum Gasteiger partial charge on any atom is 0.129 e. The first kappa shape index (κ1) is 14.6. The molecule has 106 valence electrons. The molecule has 0 fully saturated rings. The van der Waals surface area contributed by atoms with Crippen LogP contribution in [0.4, 0.5) is 4.39 Å². The normalized spacial score (nSPS) is 12.6. The number of alkyl halides is 1. The summed E-state index contributed by atoms with van der Waals surface area (Å²) in [6.45, 7) is 2.01. The van der Waals surface area contributed by atoms with E-state index in [4.69, 9.17) is 11.6 Å². The Bertz CT molecular complexity index is 813. The van der Waals surface area contributed by atoms with Crippen molar-refractivity contribution in [1.29, 1.82) is 0 Å². The molecule has 0 N–H and O–H groups in total. The van der Waals surface area contributed by atoms with E-state index in [1.54, 1.807) is 6.07 Å². The quantitative estimate of drug-likeness (QED) is 0.463. The summed E-state index contributed by atoms with van der Waals surface area (Å²) in [5.74, 6) is -0.295. The Hall–Kier alpha value is -1.38. The highest BCUT2D eigenvalue weighted by atomic mass is 79.9. The number of benzene rings is 3. The summed E-state index contributed by atoms with van der Waals surface area (Å²) in [6.07, 6.45) is 0. The zero-order valence-electron chi connectivity index (χ0n) is 11.4. The zero-order chi connectivity index (χ0) is 15.0. The fourth-order valence-electron chi connectivity index (χ4n) is 2.60. The summed E-state index contributed by atoms with van der Waals surface area (Å²) in [4.78, 5) is 0. The topological polar surface area (TPSA) is 0 Å². The number of aryl methyl sites for hydroxylation is 1. The molecule has 1 atom stereocenters. The minimum absolute atomic E-state index is 0.295. The van der Waals surface area contributed by atoms with Crippen LogP contribution in [0, 0.1) is 12.7 Å². The van der Waals surface area contributed by atoms with Gasteiger partial charge in [-0.2, -0.15) is 0 Å². The highest BCUT2D eigenvalue weighted by Gasteiger charge is 2.19. The van der Waals surface area contributed by atoms with Crippen molar-refractivity contribution in [3.8, 4) is 0 Å². The lowest BCUT2D eigenvalue weighted by Crippen LogP contribution is -2.00. The molecule has 3 heteroatoms. The van der Waals surface area contributed by atoms with Crippen molar-refractivity contribution in [2.24, 2.45) is 0 Å². The van der Waals surface area contributed by atoms with Gasteiger partial charge in [-0.1, -0.05) is 58.4 Å². The van der Waals surface area contributed by atoms with Gasteiger partial charge < -0.3 is 0 Å². The monoisotopic (exact) mass is 362 g/mol.